The summed E-state index contributed by atoms with van der Waals surface area (Å²) in [7, 11) is 0. The second-order valence-corrected chi connectivity index (χ2v) is 24.2. The van der Waals surface area contributed by atoms with Gasteiger partial charge in [-0.3, -0.25) is 9.80 Å². The Labute approximate surface area is 367 Å². The zero-order chi connectivity index (χ0) is 39.6. The van der Waals surface area contributed by atoms with Crippen LogP contribution in [0.2, 0.25) is 0 Å². The minimum absolute atomic E-state index is 0.749. The standard InChI is InChI=1S/C57H87N3/c1-3-15-38(16-4-1)49-37-53(58-52-26-10-7-23-46(49)52)43-19-14-22-45(34-43)60-55-28-12-9-25-48(55)51-36-42(30-32-57(51)60)40-18-13-17-39(33-40)41-29-31-56-50(35-41)47-24-8-11-27-54(47)59(56)44-20-5-2-6-21-44/h1-3,5,12,28,35,38-40,42-58H,4,6-11,13-27,29-34,36-37H2. The van der Waals surface area contributed by atoms with Gasteiger partial charge in [0, 0.05) is 48.3 Å². The number of fused-ring (bicyclic) bond motifs is 7. The molecule has 0 aromatic heterocycles. The first-order chi connectivity index (χ1) is 29.7. The van der Waals surface area contributed by atoms with E-state index in [1.54, 1.807) is 19.3 Å². The number of nitrogens with one attached hydrogen (secondary N) is 1. The van der Waals surface area contributed by atoms with Crippen molar-refractivity contribution in [2.75, 3.05) is 0 Å². The lowest BCUT2D eigenvalue weighted by Gasteiger charge is -2.52. The van der Waals surface area contributed by atoms with Gasteiger partial charge in [-0.1, -0.05) is 93.1 Å². The molecule has 19 unspecified atom stereocenters. The van der Waals surface area contributed by atoms with Gasteiger partial charge in [0.05, 0.1) is 0 Å². The zero-order valence-electron chi connectivity index (χ0n) is 38.1. The third-order valence-electron chi connectivity index (χ3n) is 21.7. The molecule has 3 nitrogen and oxygen atoms in total. The lowest BCUT2D eigenvalue weighted by atomic mass is 9.62. The first-order valence-electron chi connectivity index (χ1n) is 27.7. The third-order valence-corrected chi connectivity index (χ3v) is 21.7. The van der Waals surface area contributed by atoms with Crippen LogP contribution in [0.5, 0.6) is 0 Å². The van der Waals surface area contributed by atoms with Gasteiger partial charge in [-0.25, -0.2) is 0 Å². The number of likely N-dealkylation sites (tertiary alicyclic amines) is 2. The molecule has 0 aromatic rings. The summed E-state index contributed by atoms with van der Waals surface area (Å²) in [5.41, 5.74) is 1.97. The Balaban J connectivity index is 0.721. The van der Waals surface area contributed by atoms with Crippen LogP contribution in [0.4, 0.5) is 0 Å². The molecule has 3 heteroatoms. The second-order valence-electron chi connectivity index (χ2n) is 24.2. The van der Waals surface area contributed by atoms with Crippen molar-refractivity contribution in [2.24, 2.45) is 65.1 Å². The lowest BCUT2D eigenvalue weighted by molar-refractivity contribution is 0.0154. The zero-order valence-corrected chi connectivity index (χ0v) is 38.1. The first kappa shape index (κ1) is 40.4. The largest absolute Gasteiger partial charge is 0.311 e. The van der Waals surface area contributed by atoms with Crippen LogP contribution < -0.4 is 5.32 Å². The highest BCUT2D eigenvalue weighted by atomic mass is 15.3. The molecule has 0 bridgehead atoms. The van der Waals surface area contributed by atoms with Crippen LogP contribution in [0.1, 0.15) is 193 Å². The Hall–Kier alpha value is -1.16. The van der Waals surface area contributed by atoms with Crippen molar-refractivity contribution in [1.82, 2.24) is 15.1 Å². The molecule has 12 aliphatic rings. The summed E-state index contributed by atoms with van der Waals surface area (Å²) in [5, 5.41) is 4.47. The summed E-state index contributed by atoms with van der Waals surface area (Å²) in [6, 6.07) is 6.64. The quantitative estimate of drug-likeness (QED) is 0.270. The summed E-state index contributed by atoms with van der Waals surface area (Å²) in [6.45, 7) is 0. The minimum atomic E-state index is 0.749. The monoisotopic (exact) mass is 814 g/mol. The first-order valence-corrected chi connectivity index (χ1v) is 27.7. The molecule has 0 spiro atoms. The molecular formula is C57H87N3. The number of hydrogen-bond donors (Lipinski definition) is 1. The number of allylic oxidation sites excluding steroid dienone is 5. The van der Waals surface area contributed by atoms with Gasteiger partial charge in [0.15, 0.2) is 0 Å². The van der Waals surface area contributed by atoms with E-state index < -0.39 is 0 Å². The summed E-state index contributed by atoms with van der Waals surface area (Å²) in [4.78, 5) is 6.45. The molecule has 330 valence electrons. The molecule has 3 aliphatic heterocycles. The second kappa shape index (κ2) is 17.7. The van der Waals surface area contributed by atoms with Crippen LogP contribution >= 0.6 is 0 Å². The Kier molecular flexibility index (Phi) is 11.9. The molecule has 12 rings (SSSR count). The smallest absolute Gasteiger partial charge is 0.0315 e. The highest BCUT2D eigenvalue weighted by Crippen LogP contribution is 2.56. The van der Waals surface area contributed by atoms with Crippen molar-refractivity contribution < 1.29 is 0 Å². The molecule has 0 amide bonds. The molecule has 8 fully saturated rings. The van der Waals surface area contributed by atoms with Gasteiger partial charge in [0.25, 0.3) is 0 Å². The average molecular weight is 814 g/mol. The van der Waals surface area contributed by atoms with E-state index in [-0.39, 0.29) is 0 Å². The van der Waals surface area contributed by atoms with Crippen molar-refractivity contribution in [3.8, 4) is 0 Å². The van der Waals surface area contributed by atoms with Crippen LogP contribution in [0.25, 0.3) is 0 Å². The fraction of sp³-hybridized carbons (Fsp3) is 0.860. The lowest BCUT2D eigenvalue weighted by Crippen LogP contribution is -2.58. The molecule has 3 saturated heterocycles. The maximum Gasteiger partial charge on any atom is 0.0315 e. The fourth-order valence-corrected chi connectivity index (χ4v) is 19.3. The summed E-state index contributed by atoms with van der Waals surface area (Å²) >= 11 is 0. The number of hydrogen-bond acceptors (Lipinski definition) is 3. The van der Waals surface area contributed by atoms with Gasteiger partial charge in [-0.05, 0) is 213 Å². The molecule has 0 aromatic carbocycles. The minimum Gasteiger partial charge on any atom is -0.311 e. The average Bonchev–Trinajstić information content (AvgIpc) is 3.84. The van der Waals surface area contributed by atoms with Crippen molar-refractivity contribution in [3.05, 3.63) is 48.1 Å². The van der Waals surface area contributed by atoms with Crippen LogP contribution in [-0.2, 0) is 0 Å². The third kappa shape index (κ3) is 7.49. The molecule has 19 atom stereocenters. The Morgan fingerprint density at radius 1 is 0.433 bits per heavy atom. The number of nitrogens with zero attached hydrogens (tertiary/aromatic N) is 2. The Morgan fingerprint density at radius 3 is 2.13 bits per heavy atom. The molecular weight excluding hydrogens is 727 g/mol. The van der Waals surface area contributed by atoms with E-state index in [1.807, 2.05) is 5.57 Å². The van der Waals surface area contributed by atoms with Crippen molar-refractivity contribution >= 4 is 0 Å². The molecule has 9 aliphatic carbocycles. The van der Waals surface area contributed by atoms with Crippen molar-refractivity contribution in [1.29, 1.82) is 0 Å². The molecule has 1 N–H and O–H groups in total. The van der Waals surface area contributed by atoms with Crippen LogP contribution in [0.15, 0.2) is 48.1 Å². The van der Waals surface area contributed by atoms with Crippen LogP contribution in [0.3, 0.4) is 0 Å². The van der Waals surface area contributed by atoms with E-state index in [0.717, 1.165) is 113 Å². The van der Waals surface area contributed by atoms with E-state index in [1.165, 1.54) is 173 Å². The molecule has 60 heavy (non-hydrogen) atoms. The maximum atomic E-state index is 4.47. The van der Waals surface area contributed by atoms with Gasteiger partial charge in [0.2, 0.25) is 0 Å². The predicted molar refractivity (Wildman–Crippen MR) is 250 cm³/mol. The topological polar surface area (TPSA) is 18.5 Å². The van der Waals surface area contributed by atoms with Crippen molar-refractivity contribution in [2.45, 2.75) is 241 Å². The van der Waals surface area contributed by atoms with Crippen LogP contribution in [-0.4, -0.2) is 58.1 Å². The Bertz CT molecular complexity index is 1610. The summed E-state index contributed by atoms with van der Waals surface area (Å²) < 4.78 is 0. The van der Waals surface area contributed by atoms with Crippen molar-refractivity contribution in [3.63, 3.8) is 0 Å². The van der Waals surface area contributed by atoms with E-state index in [9.17, 15) is 0 Å². The molecule has 5 saturated carbocycles. The highest BCUT2D eigenvalue weighted by molar-refractivity contribution is 5.22. The van der Waals surface area contributed by atoms with Gasteiger partial charge in [-0.2, -0.15) is 0 Å². The van der Waals surface area contributed by atoms with E-state index in [4.69, 9.17) is 0 Å². The SMILES string of the molecule is C1=CCC(C2CC(C3CCCC(N4C5C=CCCC5C5CC(C6CCCC(C7=CC8C9CCCCC9N(C9CC=CCC9)C8CC7)C6)CCC54)C3)NC3CCCCC32)CC1. The van der Waals surface area contributed by atoms with Gasteiger partial charge in [0.1, 0.15) is 0 Å². The van der Waals surface area contributed by atoms with E-state index in [2.05, 4.69) is 57.6 Å². The maximum absolute atomic E-state index is 4.47. The van der Waals surface area contributed by atoms with Crippen LogP contribution in [0, 0.1) is 65.1 Å². The molecule has 0 radical (unpaired) electrons. The normalized spacial score (nSPS) is 50.9. The van der Waals surface area contributed by atoms with E-state index >= 15 is 0 Å². The summed E-state index contributed by atoms with van der Waals surface area (Å²) in [5.74, 6) is 10.5. The van der Waals surface area contributed by atoms with E-state index in [0.29, 0.717) is 0 Å². The Morgan fingerprint density at radius 2 is 1.23 bits per heavy atom. The fourth-order valence-electron chi connectivity index (χ4n) is 19.3. The number of piperidine rings is 1. The summed E-state index contributed by atoms with van der Waals surface area (Å²) in [6.07, 6.45) is 62.5. The van der Waals surface area contributed by atoms with Gasteiger partial charge < -0.3 is 5.32 Å². The van der Waals surface area contributed by atoms with Gasteiger partial charge >= 0.3 is 0 Å². The highest BCUT2D eigenvalue weighted by Gasteiger charge is 2.55. The number of rotatable bonds is 6. The van der Waals surface area contributed by atoms with Gasteiger partial charge in [-0.15, -0.1) is 0 Å². The molecule has 3 heterocycles. The predicted octanol–water partition coefficient (Wildman–Crippen LogP) is 13.4.